The number of fused-ring (bicyclic) bond motifs is 1. The van der Waals surface area contributed by atoms with Gasteiger partial charge in [0.25, 0.3) is 0 Å². The van der Waals surface area contributed by atoms with Crippen LogP contribution in [0.5, 0.6) is 5.75 Å². The molecule has 154 valence electrons. The normalized spacial score (nSPS) is 17.1. The molecule has 0 saturated heterocycles. The third-order valence-electron chi connectivity index (χ3n) is 5.67. The van der Waals surface area contributed by atoms with Gasteiger partial charge in [0.1, 0.15) is 5.75 Å². The summed E-state index contributed by atoms with van der Waals surface area (Å²) >= 11 is 0. The van der Waals surface area contributed by atoms with Crippen LogP contribution in [0.25, 0.3) is 0 Å². The van der Waals surface area contributed by atoms with Gasteiger partial charge in [-0.2, -0.15) is 0 Å². The van der Waals surface area contributed by atoms with Gasteiger partial charge in [0.15, 0.2) is 0 Å². The summed E-state index contributed by atoms with van der Waals surface area (Å²) in [5.41, 5.74) is 2.65. The number of sulfonamides is 1. The first-order chi connectivity index (χ1) is 13.9. The second kappa shape index (κ2) is 7.80. The number of rotatable bonds is 7. The molecule has 1 atom stereocenters. The molecule has 1 aliphatic carbocycles. The van der Waals surface area contributed by atoms with Crippen molar-refractivity contribution in [2.24, 2.45) is 5.92 Å². The zero-order valence-electron chi connectivity index (χ0n) is 16.7. The van der Waals surface area contributed by atoms with Crippen LogP contribution in [0.15, 0.2) is 47.4 Å². The van der Waals surface area contributed by atoms with Crippen molar-refractivity contribution in [3.8, 4) is 5.75 Å². The summed E-state index contributed by atoms with van der Waals surface area (Å²) in [7, 11) is -2.08. The summed E-state index contributed by atoms with van der Waals surface area (Å²) in [6.45, 7) is 2.58. The number of amides is 1. The zero-order chi connectivity index (χ0) is 20.6. The topological polar surface area (TPSA) is 75.7 Å². The standard InChI is InChI=1S/C22H26N2O4S/c1-3-20(15-6-8-18(28-2)9-7-15)23-29(26,27)19-10-11-21-17(14-19)12-13-24(21)22(25)16-4-5-16/h6-11,14,16,20,23H,3-5,12-13H2,1-2H3. The Labute approximate surface area is 171 Å². The van der Waals surface area contributed by atoms with E-state index >= 15 is 0 Å². The molecular weight excluding hydrogens is 388 g/mol. The van der Waals surface area contributed by atoms with E-state index in [0.29, 0.717) is 19.4 Å². The van der Waals surface area contributed by atoms with Crippen LogP contribution in [0.1, 0.15) is 43.4 Å². The van der Waals surface area contributed by atoms with Gasteiger partial charge < -0.3 is 9.64 Å². The smallest absolute Gasteiger partial charge is 0.241 e. The largest absolute Gasteiger partial charge is 0.497 e. The van der Waals surface area contributed by atoms with Crippen molar-refractivity contribution in [3.63, 3.8) is 0 Å². The van der Waals surface area contributed by atoms with Crippen LogP contribution >= 0.6 is 0 Å². The van der Waals surface area contributed by atoms with Crippen molar-refractivity contribution in [1.29, 1.82) is 0 Å². The number of methoxy groups -OCH3 is 1. The maximum Gasteiger partial charge on any atom is 0.241 e. The number of carbonyl (C=O) groups excluding carboxylic acids is 1. The second-order valence-electron chi connectivity index (χ2n) is 7.66. The molecule has 2 aliphatic rings. The molecule has 4 rings (SSSR count). The van der Waals surface area contributed by atoms with E-state index in [1.165, 1.54) is 0 Å². The molecule has 29 heavy (non-hydrogen) atoms. The number of hydrogen-bond acceptors (Lipinski definition) is 4. The van der Waals surface area contributed by atoms with Crippen LogP contribution in [-0.2, 0) is 21.2 Å². The highest BCUT2D eigenvalue weighted by atomic mass is 32.2. The summed E-state index contributed by atoms with van der Waals surface area (Å²) in [6.07, 6.45) is 3.24. The molecule has 1 heterocycles. The lowest BCUT2D eigenvalue weighted by Gasteiger charge is -2.19. The van der Waals surface area contributed by atoms with Gasteiger partial charge in [-0.25, -0.2) is 13.1 Å². The summed E-state index contributed by atoms with van der Waals surface area (Å²) in [4.78, 5) is 14.5. The van der Waals surface area contributed by atoms with Gasteiger partial charge in [0.2, 0.25) is 15.9 Å². The Morgan fingerprint density at radius 3 is 2.55 bits per heavy atom. The molecule has 1 saturated carbocycles. The quantitative estimate of drug-likeness (QED) is 0.753. The van der Waals surface area contributed by atoms with Gasteiger partial charge in [-0.3, -0.25) is 4.79 Å². The molecule has 7 heteroatoms. The number of hydrogen-bond donors (Lipinski definition) is 1. The lowest BCUT2D eigenvalue weighted by molar-refractivity contribution is -0.119. The molecule has 0 bridgehead atoms. The fraction of sp³-hybridized carbons (Fsp3) is 0.409. The average Bonchev–Trinajstić information content (AvgIpc) is 3.50. The van der Waals surface area contributed by atoms with Crippen LogP contribution in [-0.4, -0.2) is 28.0 Å². The van der Waals surface area contributed by atoms with Crippen LogP contribution in [0.3, 0.4) is 0 Å². The Bertz CT molecular complexity index is 1010. The molecule has 1 amide bonds. The predicted octanol–water partition coefficient (Wildman–Crippen LogP) is 3.42. The van der Waals surface area contributed by atoms with E-state index in [2.05, 4.69) is 4.72 Å². The van der Waals surface area contributed by atoms with Gasteiger partial charge in [-0.1, -0.05) is 19.1 Å². The van der Waals surface area contributed by atoms with E-state index < -0.39 is 10.0 Å². The lowest BCUT2D eigenvalue weighted by Crippen LogP contribution is -2.30. The minimum Gasteiger partial charge on any atom is -0.497 e. The first-order valence-corrected chi connectivity index (χ1v) is 11.5. The number of nitrogens with one attached hydrogen (secondary N) is 1. The van der Waals surface area contributed by atoms with Gasteiger partial charge in [0, 0.05) is 24.2 Å². The number of benzene rings is 2. The van der Waals surface area contributed by atoms with Gasteiger partial charge >= 0.3 is 0 Å². The molecule has 1 unspecified atom stereocenters. The molecule has 2 aromatic rings. The number of ether oxygens (including phenoxy) is 1. The highest BCUT2D eigenvalue weighted by molar-refractivity contribution is 7.89. The number of carbonyl (C=O) groups is 1. The van der Waals surface area contributed by atoms with Crippen molar-refractivity contribution >= 4 is 21.6 Å². The van der Waals surface area contributed by atoms with Gasteiger partial charge in [-0.15, -0.1) is 0 Å². The minimum atomic E-state index is -3.68. The number of anilines is 1. The van der Waals surface area contributed by atoms with Crippen LogP contribution in [0.4, 0.5) is 5.69 Å². The van der Waals surface area contributed by atoms with E-state index in [1.54, 1.807) is 25.3 Å². The minimum absolute atomic E-state index is 0.154. The predicted molar refractivity (Wildman–Crippen MR) is 112 cm³/mol. The van der Waals surface area contributed by atoms with Crippen molar-refractivity contribution in [2.75, 3.05) is 18.6 Å². The molecule has 1 N–H and O–H groups in total. The van der Waals surface area contributed by atoms with Gasteiger partial charge in [-0.05, 0) is 67.1 Å². The van der Waals surface area contributed by atoms with E-state index in [0.717, 1.165) is 35.4 Å². The van der Waals surface area contributed by atoms with Crippen molar-refractivity contribution < 1.29 is 17.9 Å². The summed E-state index contributed by atoms with van der Waals surface area (Å²) in [6, 6.07) is 12.1. The van der Waals surface area contributed by atoms with E-state index in [1.807, 2.05) is 36.1 Å². The van der Waals surface area contributed by atoms with E-state index in [-0.39, 0.29) is 22.8 Å². The SMILES string of the molecule is CCC(NS(=O)(=O)c1ccc2c(c1)CCN2C(=O)C1CC1)c1ccc(OC)cc1. The van der Waals surface area contributed by atoms with Crippen molar-refractivity contribution in [2.45, 2.75) is 43.5 Å². The Hall–Kier alpha value is -2.38. The average molecular weight is 415 g/mol. The zero-order valence-corrected chi connectivity index (χ0v) is 17.5. The van der Waals surface area contributed by atoms with Crippen molar-refractivity contribution in [3.05, 3.63) is 53.6 Å². The van der Waals surface area contributed by atoms with Crippen molar-refractivity contribution in [1.82, 2.24) is 4.72 Å². The highest BCUT2D eigenvalue weighted by Crippen LogP contribution is 2.37. The molecule has 1 fully saturated rings. The van der Waals surface area contributed by atoms with E-state index in [4.69, 9.17) is 4.74 Å². The molecule has 1 aliphatic heterocycles. The molecular formula is C22H26N2O4S. The Morgan fingerprint density at radius 2 is 1.93 bits per heavy atom. The molecule has 0 spiro atoms. The number of nitrogens with zero attached hydrogens (tertiary/aromatic N) is 1. The Balaban J connectivity index is 1.54. The third-order valence-corrected chi connectivity index (χ3v) is 7.14. The summed E-state index contributed by atoms with van der Waals surface area (Å²) < 4.78 is 34.0. The fourth-order valence-corrected chi connectivity index (χ4v) is 5.16. The van der Waals surface area contributed by atoms with Crippen LogP contribution in [0.2, 0.25) is 0 Å². The second-order valence-corrected chi connectivity index (χ2v) is 9.37. The highest BCUT2D eigenvalue weighted by Gasteiger charge is 2.36. The summed E-state index contributed by atoms with van der Waals surface area (Å²) in [5, 5.41) is 0. The van der Waals surface area contributed by atoms with Gasteiger partial charge in [0.05, 0.1) is 12.0 Å². The maximum absolute atomic E-state index is 13.0. The molecule has 0 aromatic heterocycles. The first-order valence-electron chi connectivity index (χ1n) is 10.0. The monoisotopic (exact) mass is 414 g/mol. The Kier molecular flexibility index (Phi) is 5.36. The third kappa shape index (κ3) is 4.02. The van der Waals surface area contributed by atoms with E-state index in [9.17, 15) is 13.2 Å². The Morgan fingerprint density at radius 1 is 1.21 bits per heavy atom. The fourth-order valence-electron chi connectivity index (χ4n) is 3.80. The molecule has 6 nitrogen and oxygen atoms in total. The lowest BCUT2D eigenvalue weighted by atomic mass is 10.1. The maximum atomic E-state index is 13.0. The molecule has 0 radical (unpaired) electrons. The summed E-state index contributed by atoms with van der Waals surface area (Å²) in [5.74, 6) is 1.05. The van der Waals surface area contributed by atoms with Crippen LogP contribution < -0.4 is 14.4 Å². The van der Waals surface area contributed by atoms with Crippen LogP contribution in [0, 0.1) is 5.92 Å². The first kappa shape index (κ1) is 19.9. The molecule has 2 aromatic carbocycles.